The number of hydrogen-bond acceptors (Lipinski definition) is 5. The monoisotopic (exact) mass is 464 g/mol. The van der Waals surface area contributed by atoms with Gasteiger partial charge in [0.1, 0.15) is 11.5 Å². The summed E-state index contributed by atoms with van der Waals surface area (Å²) in [5.41, 5.74) is 1.48. The van der Waals surface area contributed by atoms with Gasteiger partial charge in [-0.3, -0.25) is 4.79 Å². The van der Waals surface area contributed by atoms with Crippen LogP contribution in [0.5, 0.6) is 11.5 Å². The lowest BCUT2D eigenvalue weighted by Gasteiger charge is -2.11. The van der Waals surface area contributed by atoms with Crippen molar-refractivity contribution in [1.29, 1.82) is 0 Å². The Morgan fingerprint density at radius 3 is 2.58 bits per heavy atom. The van der Waals surface area contributed by atoms with Crippen molar-refractivity contribution < 1.29 is 19.0 Å². The smallest absolute Gasteiger partial charge is 0.284 e. The number of carbonyl (C=O) groups excluding carboxylic acids is 1. The molecule has 1 heterocycles. The first kappa shape index (κ1) is 23.0. The summed E-state index contributed by atoms with van der Waals surface area (Å²) in [5, 5.41) is 1.80. The first-order valence-corrected chi connectivity index (χ1v) is 12.0. The number of hydrogen-bond donors (Lipinski definition) is 0. The van der Waals surface area contributed by atoms with Crippen molar-refractivity contribution in [2.24, 2.45) is 4.99 Å². The SMILES string of the molecule is CCOCCn1c(=NC(=O)c2c(OCC)ccc3ccccc23)sc2cc(OCC)ccc21. The number of carbonyl (C=O) groups is 1. The van der Waals surface area contributed by atoms with E-state index in [1.807, 2.05) is 79.9 Å². The molecular weight excluding hydrogens is 436 g/mol. The summed E-state index contributed by atoms with van der Waals surface area (Å²) in [5.74, 6) is 1.02. The Balaban J connectivity index is 1.86. The molecule has 0 N–H and O–H groups in total. The van der Waals surface area contributed by atoms with E-state index in [-0.39, 0.29) is 5.91 Å². The van der Waals surface area contributed by atoms with E-state index in [4.69, 9.17) is 14.2 Å². The van der Waals surface area contributed by atoms with Crippen LogP contribution in [0.2, 0.25) is 0 Å². The van der Waals surface area contributed by atoms with Crippen molar-refractivity contribution in [1.82, 2.24) is 4.57 Å². The molecule has 0 aliphatic carbocycles. The Kier molecular flexibility index (Phi) is 7.42. The molecule has 6 nitrogen and oxygen atoms in total. The minimum atomic E-state index is -0.322. The molecule has 0 atom stereocenters. The maximum atomic E-state index is 13.5. The molecule has 0 spiro atoms. The molecule has 0 bridgehead atoms. The molecule has 33 heavy (non-hydrogen) atoms. The maximum Gasteiger partial charge on any atom is 0.284 e. The molecule has 0 radical (unpaired) electrons. The van der Waals surface area contributed by atoms with E-state index in [1.165, 1.54) is 11.3 Å². The van der Waals surface area contributed by atoms with E-state index in [9.17, 15) is 4.79 Å². The lowest BCUT2D eigenvalue weighted by Crippen LogP contribution is -2.20. The number of ether oxygens (including phenoxy) is 3. The van der Waals surface area contributed by atoms with Crippen LogP contribution in [0.15, 0.2) is 59.6 Å². The molecule has 0 aliphatic rings. The van der Waals surface area contributed by atoms with Crippen LogP contribution in [0.25, 0.3) is 21.0 Å². The normalized spacial score (nSPS) is 11.9. The van der Waals surface area contributed by atoms with Crippen LogP contribution in [0, 0.1) is 0 Å². The van der Waals surface area contributed by atoms with Gasteiger partial charge in [-0.25, -0.2) is 0 Å². The topological polar surface area (TPSA) is 62.1 Å². The number of benzene rings is 3. The molecule has 1 aromatic heterocycles. The molecule has 7 heteroatoms. The Bertz CT molecular complexity index is 1340. The van der Waals surface area contributed by atoms with Gasteiger partial charge in [-0.1, -0.05) is 41.7 Å². The summed E-state index contributed by atoms with van der Waals surface area (Å²) < 4.78 is 20.1. The van der Waals surface area contributed by atoms with Crippen LogP contribution in [0.3, 0.4) is 0 Å². The fourth-order valence-corrected chi connectivity index (χ4v) is 4.89. The van der Waals surface area contributed by atoms with Gasteiger partial charge in [0, 0.05) is 13.2 Å². The minimum absolute atomic E-state index is 0.322. The minimum Gasteiger partial charge on any atom is -0.494 e. The average Bonchev–Trinajstić information content (AvgIpc) is 3.15. The third-order valence-corrected chi connectivity index (χ3v) is 6.27. The summed E-state index contributed by atoms with van der Waals surface area (Å²) >= 11 is 1.47. The number of aromatic nitrogens is 1. The molecule has 3 aromatic carbocycles. The predicted molar refractivity (Wildman–Crippen MR) is 132 cm³/mol. The van der Waals surface area contributed by atoms with Crippen LogP contribution >= 0.6 is 11.3 Å². The van der Waals surface area contributed by atoms with Gasteiger partial charge in [-0.05, 0) is 55.8 Å². The quantitative estimate of drug-likeness (QED) is 0.310. The number of amides is 1. The highest BCUT2D eigenvalue weighted by atomic mass is 32.1. The summed E-state index contributed by atoms with van der Waals surface area (Å²) in [6.45, 7) is 8.67. The second kappa shape index (κ2) is 10.6. The van der Waals surface area contributed by atoms with Crippen molar-refractivity contribution in [3.05, 3.63) is 65.0 Å². The van der Waals surface area contributed by atoms with E-state index in [1.54, 1.807) is 0 Å². The number of thiazole rings is 1. The third-order valence-electron chi connectivity index (χ3n) is 5.23. The average molecular weight is 465 g/mol. The summed E-state index contributed by atoms with van der Waals surface area (Å²) in [6.07, 6.45) is 0. The van der Waals surface area contributed by atoms with E-state index in [0.29, 0.717) is 49.1 Å². The van der Waals surface area contributed by atoms with Crippen LogP contribution in [-0.2, 0) is 11.3 Å². The molecule has 0 saturated carbocycles. The number of nitrogens with zero attached hydrogens (tertiary/aromatic N) is 2. The van der Waals surface area contributed by atoms with Crippen molar-refractivity contribution in [2.75, 3.05) is 26.4 Å². The molecular formula is C26H28N2O4S. The second-order valence-electron chi connectivity index (χ2n) is 7.31. The van der Waals surface area contributed by atoms with E-state index < -0.39 is 0 Å². The molecule has 4 aromatic rings. The highest BCUT2D eigenvalue weighted by Crippen LogP contribution is 2.29. The van der Waals surface area contributed by atoms with Crippen molar-refractivity contribution in [3.8, 4) is 11.5 Å². The Morgan fingerprint density at radius 2 is 1.79 bits per heavy atom. The van der Waals surface area contributed by atoms with Gasteiger partial charge in [0.05, 0.1) is 35.6 Å². The lowest BCUT2D eigenvalue weighted by molar-refractivity contribution is 0.0994. The van der Waals surface area contributed by atoms with Crippen LogP contribution in [0.4, 0.5) is 0 Å². The van der Waals surface area contributed by atoms with Gasteiger partial charge in [0.25, 0.3) is 5.91 Å². The van der Waals surface area contributed by atoms with Gasteiger partial charge in [0.2, 0.25) is 0 Å². The van der Waals surface area contributed by atoms with Crippen LogP contribution in [-0.4, -0.2) is 36.9 Å². The lowest BCUT2D eigenvalue weighted by atomic mass is 10.0. The Labute approximate surface area is 197 Å². The first-order chi connectivity index (χ1) is 16.2. The Hall–Kier alpha value is -3.16. The number of rotatable bonds is 9. The van der Waals surface area contributed by atoms with E-state index >= 15 is 0 Å². The second-order valence-corrected chi connectivity index (χ2v) is 8.31. The molecule has 0 aliphatic heterocycles. The fourth-order valence-electron chi connectivity index (χ4n) is 3.80. The molecule has 0 saturated heterocycles. The van der Waals surface area contributed by atoms with Gasteiger partial charge in [-0.2, -0.15) is 4.99 Å². The fraction of sp³-hybridized carbons (Fsp3) is 0.308. The molecule has 4 rings (SSSR count). The predicted octanol–water partition coefficient (Wildman–Crippen LogP) is 5.43. The Morgan fingerprint density at radius 1 is 0.970 bits per heavy atom. The zero-order chi connectivity index (χ0) is 23.2. The third kappa shape index (κ3) is 4.94. The van der Waals surface area contributed by atoms with Crippen LogP contribution < -0.4 is 14.3 Å². The summed E-state index contributed by atoms with van der Waals surface area (Å²) in [6, 6.07) is 17.6. The molecule has 0 fully saturated rings. The molecule has 1 amide bonds. The highest BCUT2D eigenvalue weighted by molar-refractivity contribution is 7.16. The van der Waals surface area contributed by atoms with Crippen molar-refractivity contribution >= 4 is 38.2 Å². The summed E-state index contributed by atoms with van der Waals surface area (Å²) in [7, 11) is 0. The largest absolute Gasteiger partial charge is 0.494 e. The summed E-state index contributed by atoms with van der Waals surface area (Å²) in [4.78, 5) is 18.7. The zero-order valence-corrected chi connectivity index (χ0v) is 20.0. The maximum absolute atomic E-state index is 13.5. The van der Waals surface area contributed by atoms with E-state index in [2.05, 4.69) is 4.99 Å². The van der Waals surface area contributed by atoms with Gasteiger partial charge in [0.15, 0.2) is 4.80 Å². The first-order valence-electron chi connectivity index (χ1n) is 11.2. The number of fused-ring (bicyclic) bond motifs is 2. The van der Waals surface area contributed by atoms with Gasteiger partial charge >= 0.3 is 0 Å². The molecule has 172 valence electrons. The van der Waals surface area contributed by atoms with Crippen molar-refractivity contribution in [2.45, 2.75) is 27.3 Å². The standard InChI is InChI=1S/C26H28N2O4S/c1-4-30-16-15-28-21-13-12-19(31-5-2)17-23(21)33-26(28)27-25(29)24-20-10-8-7-9-18(20)11-14-22(24)32-6-3/h7-14,17H,4-6,15-16H2,1-3H3. The van der Waals surface area contributed by atoms with Crippen LogP contribution in [0.1, 0.15) is 31.1 Å². The van der Waals surface area contributed by atoms with Gasteiger partial charge in [-0.15, -0.1) is 0 Å². The van der Waals surface area contributed by atoms with Gasteiger partial charge < -0.3 is 18.8 Å². The zero-order valence-electron chi connectivity index (χ0n) is 19.2. The van der Waals surface area contributed by atoms with Crippen molar-refractivity contribution in [3.63, 3.8) is 0 Å². The molecule has 0 unspecified atom stereocenters. The highest BCUT2D eigenvalue weighted by Gasteiger charge is 2.17. The van der Waals surface area contributed by atoms with E-state index in [0.717, 1.165) is 26.7 Å².